The van der Waals surface area contributed by atoms with E-state index >= 15 is 0 Å². The molecule has 2 nitrogen and oxygen atoms in total. The van der Waals surface area contributed by atoms with Gasteiger partial charge < -0.3 is 0 Å². The molecule has 2 radical (unpaired) electrons. The van der Waals surface area contributed by atoms with Crippen molar-refractivity contribution in [2.24, 2.45) is 0 Å². The molecule has 0 unspecified atom stereocenters. The number of hydrogen-bond acceptors (Lipinski definition) is 2. The van der Waals surface area contributed by atoms with Crippen molar-refractivity contribution < 1.29 is 8.92 Å². The fraction of sp³-hybridized carbons (Fsp3) is 0. The Labute approximate surface area is 30.2 Å². The highest BCUT2D eigenvalue weighted by Crippen LogP contribution is 0.759. The highest BCUT2D eigenvalue weighted by atomic mass is 28.2. The average Bonchev–Trinajstić information content (AvgIpc) is 0.918. The summed E-state index contributed by atoms with van der Waals surface area (Å²) in [5, 5.41) is 0. The van der Waals surface area contributed by atoms with E-state index in [2.05, 4.69) is 0 Å². The summed E-state index contributed by atoms with van der Waals surface area (Å²) in [5.74, 6) is 0. The van der Waals surface area contributed by atoms with Gasteiger partial charge >= 0.3 is 20.3 Å². The van der Waals surface area contributed by atoms with Crippen molar-refractivity contribution >= 4 is 20.3 Å². The molecule has 0 fully saturated rings. The molecule has 0 aromatic carbocycles. The molecule has 0 saturated heterocycles. The second-order valence-corrected chi connectivity index (χ2v) is 0.250. The summed E-state index contributed by atoms with van der Waals surface area (Å²) in [6.45, 7) is 0. The van der Waals surface area contributed by atoms with Gasteiger partial charge in [-0.1, -0.05) is 0 Å². The van der Waals surface area contributed by atoms with Crippen LogP contribution in [0.2, 0.25) is 0 Å². The van der Waals surface area contributed by atoms with Gasteiger partial charge in [-0.3, -0.25) is 8.92 Å². The molecule has 0 aliphatic heterocycles. The molecule has 18 valence electrons. The van der Waals surface area contributed by atoms with Crippen LogP contribution in [0.1, 0.15) is 0 Å². The van der Waals surface area contributed by atoms with E-state index in [0.29, 0.717) is 0 Å². The standard InChI is InChI=1S/O2Si.Si/c1-3-2;/q;+2. The van der Waals surface area contributed by atoms with Crippen molar-refractivity contribution in [2.45, 2.75) is 0 Å². The first kappa shape index (κ1) is 8.98. The van der Waals surface area contributed by atoms with Crippen LogP contribution >= 0.6 is 0 Å². The Morgan fingerprint density at radius 3 is 1.25 bits per heavy atom. The van der Waals surface area contributed by atoms with Crippen molar-refractivity contribution in [3.63, 3.8) is 0 Å². The highest BCUT2D eigenvalue weighted by Gasteiger charge is 2.00. The van der Waals surface area contributed by atoms with Gasteiger partial charge in [0, 0.05) is 0 Å². The van der Waals surface area contributed by atoms with Crippen molar-refractivity contribution in [3.8, 4) is 0 Å². The summed E-state index contributed by atoms with van der Waals surface area (Å²) < 4.78 is 16.8. The monoisotopic (exact) mass is 87.9 g/mol. The zero-order chi connectivity index (χ0) is 2.71. The van der Waals surface area contributed by atoms with Gasteiger partial charge in [-0.15, -0.1) is 0 Å². The molecule has 0 spiro atoms. The highest BCUT2D eigenvalue weighted by molar-refractivity contribution is 5.94. The molecule has 0 heterocycles. The molecular weight excluding hydrogens is 88.2 g/mol. The molecule has 0 aromatic heterocycles. The van der Waals surface area contributed by atoms with Crippen LogP contribution in [-0.2, 0) is 8.92 Å². The second-order valence-electron chi connectivity index (χ2n) is 0.0833. The van der Waals surface area contributed by atoms with E-state index in [1.165, 1.54) is 0 Å². The first-order valence-corrected chi connectivity index (χ1v) is 1.22. The largest absolute Gasteiger partial charge is 2.00 e. The minimum absolute atomic E-state index is 0. The molecule has 0 aliphatic rings. The Morgan fingerprint density at radius 1 is 1.25 bits per heavy atom. The Bertz CT molecular complexity index is 25.0. The summed E-state index contributed by atoms with van der Waals surface area (Å²) in [5.41, 5.74) is 0. The number of rotatable bonds is 0. The van der Waals surface area contributed by atoms with Crippen LogP contribution in [0.4, 0.5) is 0 Å². The second kappa shape index (κ2) is 11.7. The Hall–Kier alpha value is 0.0338. The maximum Gasteiger partial charge on any atom is 2.00 e. The van der Waals surface area contributed by atoms with Gasteiger partial charge in [0.25, 0.3) is 0 Å². The lowest BCUT2D eigenvalue weighted by Gasteiger charge is -0.944. The van der Waals surface area contributed by atoms with E-state index in [-0.39, 0.29) is 11.0 Å². The Kier molecular flexibility index (Phi) is 26.3. The van der Waals surface area contributed by atoms with Crippen LogP contribution in [0.5, 0.6) is 0 Å². The molecule has 0 atom stereocenters. The van der Waals surface area contributed by atoms with E-state index in [1.807, 2.05) is 0 Å². The van der Waals surface area contributed by atoms with Crippen molar-refractivity contribution in [3.05, 3.63) is 0 Å². The molecule has 0 rings (SSSR count). The third kappa shape index (κ3) is 1910. The van der Waals surface area contributed by atoms with Gasteiger partial charge in [0.05, 0.1) is 0 Å². The predicted octanol–water partition coefficient (Wildman–Crippen LogP) is -0.999. The topological polar surface area (TPSA) is 34.1 Å². The summed E-state index contributed by atoms with van der Waals surface area (Å²) >= 11 is 0. The van der Waals surface area contributed by atoms with Crippen LogP contribution in [0.25, 0.3) is 0 Å². The minimum atomic E-state index is -1.42. The van der Waals surface area contributed by atoms with Crippen molar-refractivity contribution in [1.82, 2.24) is 0 Å². The van der Waals surface area contributed by atoms with Crippen LogP contribution < -0.4 is 0 Å². The molecular formula is O2Si2+2. The SMILES string of the molecule is O=[Si]=O.[Si+2]. The maximum absolute atomic E-state index is 8.40. The molecule has 0 N–H and O–H groups in total. The molecule has 0 amide bonds. The average molecular weight is 88.2 g/mol. The van der Waals surface area contributed by atoms with Gasteiger partial charge in [0.2, 0.25) is 0 Å². The molecule has 4 heavy (non-hydrogen) atoms. The van der Waals surface area contributed by atoms with Crippen LogP contribution in [0.3, 0.4) is 0 Å². The predicted molar refractivity (Wildman–Crippen MR) is 12.9 cm³/mol. The lowest BCUT2D eigenvalue weighted by Crippen LogP contribution is -1.26. The van der Waals surface area contributed by atoms with Gasteiger partial charge in [-0.05, 0) is 0 Å². The zero-order valence-electron chi connectivity index (χ0n) is 1.82. The van der Waals surface area contributed by atoms with Gasteiger partial charge in [-0.2, -0.15) is 0 Å². The van der Waals surface area contributed by atoms with Crippen molar-refractivity contribution in [2.75, 3.05) is 0 Å². The Balaban J connectivity index is 0. The lowest BCUT2D eigenvalue weighted by atomic mass is 15.9. The van der Waals surface area contributed by atoms with Crippen LogP contribution in [0.15, 0.2) is 0 Å². The fourth-order valence-electron chi connectivity index (χ4n) is 0. The third-order valence-corrected chi connectivity index (χ3v) is 0. The molecule has 4 heteroatoms. The molecule has 0 bridgehead atoms. The van der Waals surface area contributed by atoms with Crippen molar-refractivity contribution in [1.29, 1.82) is 0 Å². The first-order chi connectivity index (χ1) is 1.41. The van der Waals surface area contributed by atoms with Gasteiger partial charge in [0.1, 0.15) is 0 Å². The number of hydrogen-bond donors (Lipinski definition) is 0. The summed E-state index contributed by atoms with van der Waals surface area (Å²) in [7, 11) is -1.42. The third-order valence-electron chi connectivity index (χ3n) is 0. The van der Waals surface area contributed by atoms with Crippen LogP contribution in [-0.4, -0.2) is 20.3 Å². The smallest absolute Gasteiger partial charge is 0.274 e. The van der Waals surface area contributed by atoms with Crippen LogP contribution in [0, 0.1) is 0 Å². The first-order valence-electron chi connectivity index (χ1n) is 0.408. The molecule has 0 saturated carbocycles. The normalized spacial score (nSPS) is 2.00. The molecule has 0 aromatic rings. The van der Waals surface area contributed by atoms with Gasteiger partial charge in [-0.25, -0.2) is 0 Å². The Morgan fingerprint density at radius 2 is 1.25 bits per heavy atom. The van der Waals surface area contributed by atoms with E-state index in [4.69, 9.17) is 8.92 Å². The lowest BCUT2D eigenvalue weighted by molar-refractivity contribution is 0.497. The summed E-state index contributed by atoms with van der Waals surface area (Å²) in [6, 6.07) is 0. The van der Waals surface area contributed by atoms with E-state index in [9.17, 15) is 0 Å². The zero-order valence-corrected chi connectivity index (χ0v) is 3.82. The van der Waals surface area contributed by atoms with Gasteiger partial charge in [0.15, 0.2) is 0 Å². The van der Waals surface area contributed by atoms with E-state index in [1.54, 1.807) is 0 Å². The summed E-state index contributed by atoms with van der Waals surface area (Å²) in [4.78, 5) is 0. The van der Waals surface area contributed by atoms with E-state index in [0.717, 1.165) is 0 Å². The quantitative estimate of drug-likeness (QED) is 0.356. The fourth-order valence-corrected chi connectivity index (χ4v) is 0. The summed E-state index contributed by atoms with van der Waals surface area (Å²) in [6.07, 6.45) is 0. The van der Waals surface area contributed by atoms with E-state index < -0.39 is 9.29 Å². The minimum Gasteiger partial charge on any atom is -0.274 e. The molecule has 0 aliphatic carbocycles. The maximum atomic E-state index is 8.40.